The number of nitrogens with two attached hydrogens (primary N) is 1. The highest BCUT2D eigenvalue weighted by molar-refractivity contribution is 5.24. The minimum absolute atomic E-state index is 0.133. The third-order valence-electron chi connectivity index (χ3n) is 4.58. The van der Waals surface area contributed by atoms with Crippen LogP contribution in [0.15, 0.2) is 18.2 Å². The second-order valence-electron chi connectivity index (χ2n) is 6.01. The molecule has 2 N–H and O–H groups in total. The zero-order chi connectivity index (χ0) is 15.2. The van der Waals surface area contributed by atoms with Gasteiger partial charge in [-0.25, -0.2) is 8.78 Å². The molecule has 0 saturated carbocycles. The molecule has 2 unspecified atom stereocenters. The van der Waals surface area contributed by atoms with Gasteiger partial charge in [-0.3, -0.25) is 4.90 Å². The minimum Gasteiger partial charge on any atom is -0.329 e. The van der Waals surface area contributed by atoms with Gasteiger partial charge in [0.2, 0.25) is 0 Å². The first-order valence-electron chi connectivity index (χ1n) is 8.05. The topological polar surface area (TPSA) is 29.3 Å². The highest BCUT2D eigenvalue weighted by Gasteiger charge is 2.27. The third kappa shape index (κ3) is 4.01. The van der Waals surface area contributed by atoms with Crippen LogP contribution in [0.1, 0.15) is 50.6 Å². The number of likely N-dealkylation sites (tertiary alicyclic amines) is 1. The van der Waals surface area contributed by atoms with Gasteiger partial charge in [0.1, 0.15) is 11.6 Å². The van der Waals surface area contributed by atoms with Crippen molar-refractivity contribution in [2.45, 2.75) is 45.1 Å². The van der Waals surface area contributed by atoms with E-state index in [1.807, 2.05) is 0 Å². The summed E-state index contributed by atoms with van der Waals surface area (Å²) < 4.78 is 28.0. The quantitative estimate of drug-likeness (QED) is 0.894. The summed E-state index contributed by atoms with van der Waals surface area (Å²) in [4.78, 5) is 2.16. The molecule has 1 aromatic carbocycles. The van der Waals surface area contributed by atoms with Gasteiger partial charge in [-0.05, 0) is 50.4 Å². The Morgan fingerprint density at radius 1 is 1.24 bits per heavy atom. The van der Waals surface area contributed by atoms with Crippen molar-refractivity contribution < 1.29 is 8.78 Å². The fourth-order valence-corrected chi connectivity index (χ4v) is 3.47. The van der Waals surface area contributed by atoms with E-state index in [0.717, 1.165) is 31.8 Å². The zero-order valence-electron chi connectivity index (χ0n) is 12.8. The Bertz CT molecular complexity index is 430. The number of hydrogen-bond donors (Lipinski definition) is 1. The van der Waals surface area contributed by atoms with Crippen molar-refractivity contribution >= 4 is 0 Å². The average Bonchev–Trinajstić information content (AvgIpc) is 2.69. The second kappa shape index (κ2) is 7.85. The number of hydrogen-bond acceptors (Lipinski definition) is 2. The molecular weight excluding hydrogens is 270 g/mol. The fraction of sp³-hybridized carbons (Fsp3) is 0.647. The molecule has 1 aliphatic rings. The van der Waals surface area contributed by atoms with Crippen molar-refractivity contribution in [3.05, 3.63) is 35.4 Å². The lowest BCUT2D eigenvalue weighted by atomic mass is 9.96. The lowest BCUT2D eigenvalue weighted by Gasteiger charge is -2.30. The SMILES string of the molecule is CCCC1CCCN(C(CN)c2c(F)cccc2F)CC1. The van der Waals surface area contributed by atoms with Gasteiger partial charge in [0, 0.05) is 12.1 Å². The first kappa shape index (κ1) is 16.4. The Hall–Kier alpha value is -1.00. The zero-order valence-corrected chi connectivity index (χ0v) is 12.8. The lowest BCUT2D eigenvalue weighted by Crippen LogP contribution is -2.35. The smallest absolute Gasteiger partial charge is 0.130 e. The van der Waals surface area contributed by atoms with Crippen LogP contribution in [0.25, 0.3) is 0 Å². The van der Waals surface area contributed by atoms with Crippen LogP contribution in [-0.4, -0.2) is 24.5 Å². The molecule has 0 amide bonds. The van der Waals surface area contributed by atoms with Gasteiger partial charge in [-0.2, -0.15) is 0 Å². The van der Waals surface area contributed by atoms with E-state index in [1.54, 1.807) is 0 Å². The van der Waals surface area contributed by atoms with Gasteiger partial charge >= 0.3 is 0 Å². The molecule has 0 aliphatic carbocycles. The van der Waals surface area contributed by atoms with Crippen LogP contribution >= 0.6 is 0 Å². The molecule has 4 heteroatoms. The van der Waals surface area contributed by atoms with Gasteiger partial charge < -0.3 is 5.73 Å². The molecule has 118 valence electrons. The summed E-state index contributed by atoms with van der Waals surface area (Å²) in [5.41, 5.74) is 5.98. The van der Waals surface area contributed by atoms with Gasteiger partial charge in [-0.15, -0.1) is 0 Å². The predicted molar refractivity (Wildman–Crippen MR) is 82.0 cm³/mol. The van der Waals surface area contributed by atoms with Crippen LogP contribution in [0, 0.1) is 17.6 Å². The Labute approximate surface area is 126 Å². The van der Waals surface area contributed by atoms with Gasteiger partial charge in [0.15, 0.2) is 0 Å². The van der Waals surface area contributed by atoms with E-state index in [0.29, 0.717) is 0 Å². The molecule has 0 aromatic heterocycles. The molecule has 1 aliphatic heterocycles. The van der Waals surface area contributed by atoms with Crippen LogP contribution in [0.4, 0.5) is 8.78 Å². The number of rotatable bonds is 5. The molecule has 2 atom stereocenters. The van der Waals surface area contributed by atoms with E-state index in [9.17, 15) is 8.78 Å². The molecule has 0 spiro atoms. The van der Waals surface area contributed by atoms with Crippen molar-refractivity contribution in [1.29, 1.82) is 0 Å². The third-order valence-corrected chi connectivity index (χ3v) is 4.58. The predicted octanol–water partition coefficient (Wildman–Crippen LogP) is 3.87. The summed E-state index contributed by atoms with van der Waals surface area (Å²) in [5.74, 6) is -0.233. The monoisotopic (exact) mass is 296 g/mol. The number of nitrogens with zero attached hydrogens (tertiary/aromatic N) is 1. The van der Waals surface area contributed by atoms with Crippen molar-refractivity contribution in [2.75, 3.05) is 19.6 Å². The second-order valence-corrected chi connectivity index (χ2v) is 6.01. The summed E-state index contributed by atoms with van der Waals surface area (Å²) >= 11 is 0. The largest absolute Gasteiger partial charge is 0.329 e. The normalized spacial score (nSPS) is 22.0. The maximum absolute atomic E-state index is 14.0. The Kier molecular flexibility index (Phi) is 6.12. The van der Waals surface area contributed by atoms with E-state index in [2.05, 4.69) is 11.8 Å². The number of halogens is 2. The molecule has 2 nitrogen and oxygen atoms in total. The molecule has 1 aromatic rings. The van der Waals surface area contributed by atoms with Gasteiger partial charge in [0.05, 0.1) is 6.04 Å². The Morgan fingerprint density at radius 3 is 2.57 bits per heavy atom. The maximum Gasteiger partial charge on any atom is 0.130 e. The van der Waals surface area contributed by atoms with Crippen LogP contribution in [0.2, 0.25) is 0 Å². The van der Waals surface area contributed by atoms with Crippen molar-refractivity contribution in [3.63, 3.8) is 0 Å². The molecule has 21 heavy (non-hydrogen) atoms. The minimum atomic E-state index is -0.486. The Balaban J connectivity index is 2.14. The summed E-state index contributed by atoms with van der Waals surface area (Å²) in [6.07, 6.45) is 5.83. The van der Waals surface area contributed by atoms with Crippen molar-refractivity contribution in [2.24, 2.45) is 11.7 Å². The summed E-state index contributed by atoms with van der Waals surface area (Å²) in [7, 11) is 0. The van der Waals surface area contributed by atoms with Crippen LogP contribution in [-0.2, 0) is 0 Å². The molecule has 0 bridgehead atoms. The fourth-order valence-electron chi connectivity index (χ4n) is 3.47. The highest BCUT2D eigenvalue weighted by Crippen LogP contribution is 2.30. The van der Waals surface area contributed by atoms with E-state index in [1.165, 1.54) is 37.5 Å². The molecule has 1 saturated heterocycles. The highest BCUT2D eigenvalue weighted by atomic mass is 19.1. The molecular formula is C17H26F2N2. The van der Waals surface area contributed by atoms with Crippen LogP contribution in [0.3, 0.4) is 0 Å². The van der Waals surface area contributed by atoms with Crippen LogP contribution < -0.4 is 5.73 Å². The van der Waals surface area contributed by atoms with Crippen molar-refractivity contribution in [1.82, 2.24) is 4.90 Å². The van der Waals surface area contributed by atoms with Gasteiger partial charge in [-0.1, -0.05) is 25.8 Å². The summed E-state index contributed by atoms with van der Waals surface area (Å²) in [6.45, 7) is 4.20. The summed E-state index contributed by atoms with van der Waals surface area (Å²) in [6, 6.07) is 3.69. The number of benzene rings is 1. The van der Waals surface area contributed by atoms with E-state index >= 15 is 0 Å². The van der Waals surface area contributed by atoms with Crippen LogP contribution in [0.5, 0.6) is 0 Å². The Morgan fingerprint density at radius 2 is 1.95 bits per heavy atom. The molecule has 1 heterocycles. The molecule has 2 rings (SSSR count). The molecule has 0 radical (unpaired) electrons. The first-order valence-corrected chi connectivity index (χ1v) is 8.05. The lowest BCUT2D eigenvalue weighted by molar-refractivity contribution is 0.198. The standard InChI is InChI=1S/C17H26F2N2/c1-2-5-13-6-4-10-21(11-9-13)16(12-20)17-14(18)7-3-8-15(17)19/h3,7-8,13,16H,2,4-6,9-12,20H2,1H3. The van der Waals surface area contributed by atoms with E-state index < -0.39 is 11.6 Å². The average molecular weight is 296 g/mol. The van der Waals surface area contributed by atoms with E-state index in [4.69, 9.17) is 5.73 Å². The molecule has 1 fully saturated rings. The van der Waals surface area contributed by atoms with E-state index in [-0.39, 0.29) is 18.2 Å². The van der Waals surface area contributed by atoms with Crippen molar-refractivity contribution in [3.8, 4) is 0 Å². The first-order chi connectivity index (χ1) is 10.2. The summed E-state index contributed by atoms with van der Waals surface area (Å²) in [5, 5.41) is 0. The van der Waals surface area contributed by atoms with Gasteiger partial charge in [0.25, 0.3) is 0 Å². The maximum atomic E-state index is 14.0.